The van der Waals surface area contributed by atoms with Crippen molar-refractivity contribution in [1.82, 2.24) is 19.5 Å². The number of hydrogen-bond acceptors (Lipinski definition) is 9. The Morgan fingerprint density at radius 3 is 2.49 bits per heavy atom. The van der Waals surface area contributed by atoms with Crippen LogP contribution in [-0.4, -0.2) is 83.8 Å². The lowest BCUT2D eigenvalue weighted by Gasteiger charge is -2.25. The lowest BCUT2D eigenvalue weighted by Crippen LogP contribution is -2.39. The van der Waals surface area contributed by atoms with Gasteiger partial charge in [0.05, 0.1) is 12.9 Å². The number of carbonyl (C=O) groups excluding carboxylic acids is 1. The number of rotatable bonds is 16. The molecule has 0 saturated carbocycles. The number of nitrogens with zero attached hydrogens (tertiary/aromatic N) is 5. The number of hydrogen-bond donors (Lipinski definition) is 1. The molecule has 1 amide bonds. The third-order valence-electron chi connectivity index (χ3n) is 5.84. The van der Waals surface area contributed by atoms with Gasteiger partial charge in [0.1, 0.15) is 24.6 Å². The van der Waals surface area contributed by atoms with Crippen molar-refractivity contribution in [3.63, 3.8) is 0 Å². The minimum atomic E-state index is -0.466. The smallest absolute Gasteiger partial charge is 0.217 e. The zero-order valence-corrected chi connectivity index (χ0v) is 21.4. The zero-order chi connectivity index (χ0) is 25.2. The van der Waals surface area contributed by atoms with Gasteiger partial charge in [-0.2, -0.15) is 0 Å². The Bertz CT molecular complexity index is 925. The Morgan fingerprint density at radius 1 is 1.09 bits per heavy atom. The highest BCUT2D eigenvalue weighted by molar-refractivity contribution is 5.83. The molecule has 2 aromatic rings. The highest BCUT2D eigenvalue weighted by Gasteiger charge is 2.47. The molecule has 0 spiro atoms. The number of nitrogens with two attached hydrogens (primary N) is 1. The van der Waals surface area contributed by atoms with Crippen LogP contribution < -0.4 is 10.6 Å². The molecule has 1 saturated heterocycles. The minimum absolute atomic E-state index is 0.265. The first-order valence-electron chi connectivity index (χ1n) is 12.6. The average Bonchev–Trinajstić information content (AvgIpc) is 3.42. The molecule has 0 aliphatic carbocycles. The standard InChI is InChI=1S/C24H40N6O5/c1-5-11-32-14-17-20(33-12-6-2)21(34-13-7-3)24(35-17)30-16-28-19-22(26-15-27-23(19)30)29(4)10-8-9-18(25)31/h15-17,20-21,24H,5-14H2,1-4H3,(H2,25,31). The summed E-state index contributed by atoms with van der Waals surface area (Å²) in [4.78, 5) is 26.6. The van der Waals surface area contributed by atoms with Crippen molar-refractivity contribution in [1.29, 1.82) is 0 Å². The molecule has 4 atom stereocenters. The van der Waals surface area contributed by atoms with Gasteiger partial charge < -0.3 is 29.6 Å². The molecule has 11 nitrogen and oxygen atoms in total. The van der Waals surface area contributed by atoms with Gasteiger partial charge in [-0.05, 0) is 25.7 Å². The van der Waals surface area contributed by atoms with E-state index in [-0.39, 0.29) is 24.2 Å². The van der Waals surface area contributed by atoms with E-state index in [9.17, 15) is 4.79 Å². The van der Waals surface area contributed by atoms with E-state index in [4.69, 9.17) is 24.7 Å². The summed E-state index contributed by atoms with van der Waals surface area (Å²) in [5.41, 5.74) is 6.58. The second kappa shape index (κ2) is 13.7. The molecular weight excluding hydrogens is 452 g/mol. The first kappa shape index (κ1) is 27.3. The Hall–Kier alpha value is -2.34. The maximum absolute atomic E-state index is 11.1. The molecule has 3 rings (SSSR count). The van der Waals surface area contributed by atoms with Crippen LogP contribution in [0, 0.1) is 0 Å². The van der Waals surface area contributed by atoms with Crippen molar-refractivity contribution in [2.75, 3.05) is 44.9 Å². The summed E-state index contributed by atoms with van der Waals surface area (Å²) >= 11 is 0. The van der Waals surface area contributed by atoms with Gasteiger partial charge in [-0.25, -0.2) is 15.0 Å². The summed E-state index contributed by atoms with van der Waals surface area (Å²) in [6.45, 7) is 9.16. The molecule has 4 unspecified atom stereocenters. The van der Waals surface area contributed by atoms with Crippen LogP contribution in [0.1, 0.15) is 59.1 Å². The van der Waals surface area contributed by atoms with Crippen LogP contribution in [0.5, 0.6) is 0 Å². The molecule has 196 valence electrons. The van der Waals surface area contributed by atoms with E-state index < -0.39 is 6.23 Å². The molecule has 2 N–H and O–H groups in total. The van der Waals surface area contributed by atoms with E-state index in [1.165, 1.54) is 6.33 Å². The Balaban J connectivity index is 1.89. The van der Waals surface area contributed by atoms with Crippen LogP contribution in [0.25, 0.3) is 11.2 Å². The number of imidazole rings is 1. The Morgan fingerprint density at radius 2 is 1.80 bits per heavy atom. The van der Waals surface area contributed by atoms with Gasteiger partial charge in [0.25, 0.3) is 0 Å². The summed E-state index contributed by atoms with van der Waals surface area (Å²) in [5, 5.41) is 0. The Kier molecular flexibility index (Phi) is 10.6. The van der Waals surface area contributed by atoms with Crippen molar-refractivity contribution in [3.8, 4) is 0 Å². The van der Waals surface area contributed by atoms with Crippen LogP contribution in [0.4, 0.5) is 5.82 Å². The van der Waals surface area contributed by atoms with Gasteiger partial charge in [-0.3, -0.25) is 9.36 Å². The molecule has 11 heteroatoms. The number of fused-ring (bicyclic) bond motifs is 1. The fourth-order valence-corrected chi connectivity index (χ4v) is 4.20. The molecule has 1 aliphatic heterocycles. The van der Waals surface area contributed by atoms with Gasteiger partial charge in [0, 0.05) is 39.8 Å². The molecular formula is C24H40N6O5. The van der Waals surface area contributed by atoms with Gasteiger partial charge in [-0.15, -0.1) is 0 Å². The van der Waals surface area contributed by atoms with Crippen LogP contribution >= 0.6 is 0 Å². The molecule has 1 fully saturated rings. The topological polar surface area (TPSA) is 127 Å². The van der Waals surface area contributed by atoms with Gasteiger partial charge in [0.2, 0.25) is 5.91 Å². The highest BCUT2D eigenvalue weighted by atomic mass is 16.6. The minimum Gasteiger partial charge on any atom is -0.379 e. The van der Waals surface area contributed by atoms with E-state index in [0.29, 0.717) is 62.8 Å². The predicted octanol–water partition coefficient (Wildman–Crippen LogP) is 2.44. The first-order chi connectivity index (χ1) is 17.0. The van der Waals surface area contributed by atoms with Crippen LogP contribution in [0.2, 0.25) is 0 Å². The molecule has 2 aromatic heterocycles. The van der Waals surface area contributed by atoms with E-state index in [0.717, 1.165) is 19.3 Å². The monoisotopic (exact) mass is 492 g/mol. The summed E-state index contributed by atoms with van der Waals surface area (Å²) in [7, 11) is 1.91. The highest BCUT2D eigenvalue weighted by Crippen LogP contribution is 2.36. The van der Waals surface area contributed by atoms with E-state index in [2.05, 4.69) is 35.7 Å². The van der Waals surface area contributed by atoms with Gasteiger partial charge in [0.15, 0.2) is 23.2 Å². The molecule has 3 heterocycles. The quantitative estimate of drug-likeness (QED) is 0.351. The van der Waals surface area contributed by atoms with E-state index in [1.54, 1.807) is 6.33 Å². The number of carbonyl (C=O) groups is 1. The maximum Gasteiger partial charge on any atom is 0.217 e. The summed E-state index contributed by atoms with van der Waals surface area (Å²) < 4.78 is 26.7. The zero-order valence-electron chi connectivity index (χ0n) is 21.4. The maximum atomic E-state index is 11.1. The Labute approximate surface area is 207 Å². The number of primary amides is 1. The van der Waals surface area contributed by atoms with Crippen molar-refractivity contribution >= 4 is 22.9 Å². The third-order valence-corrected chi connectivity index (χ3v) is 5.84. The molecule has 0 bridgehead atoms. The largest absolute Gasteiger partial charge is 0.379 e. The predicted molar refractivity (Wildman–Crippen MR) is 132 cm³/mol. The molecule has 0 aromatic carbocycles. The normalized spacial score (nSPS) is 22.2. The summed E-state index contributed by atoms with van der Waals surface area (Å²) in [6, 6.07) is 0. The second-order valence-corrected chi connectivity index (χ2v) is 8.82. The molecule has 35 heavy (non-hydrogen) atoms. The SMILES string of the molecule is CCCOCC1OC(n2cnc3c(N(C)CCCC(N)=O)ncnc32)C(OCCC)C1OCCC. The van der Waals surface area contributed by atoms with E-state index in [1.807, 2.05) is 16.5 Å². The third kappa shape index (κ3) is 6.87. The van der Waals surface area contributed by atoms with Gasteiger partial charge >= 0.3 is 0 Å². The molecule has 1 aliphatic rings. The fraction of sp³-hybridized carbons (Fsp3) is 0.750. The van der Waals surface area contributed by atoms with E-state index >= 15 is 0 Å². The number of amides is 1. The van der Waals surface area contributed by atoms with Gasteiger partial charge in [-0.1, -0.05) is 20.8 Å². The molecule has 0 radical (unpaired) electrons. The van der Waals surface area contributed by atoms with Crippen molar-refractivity contribution in [2.45, 2.75) is 77.4 Å². The van der Waals surface area contributed by atoms with Crippen molar-refractivity contribution < 1.29 is 23.7 Å². The number of anilines is 1. The fourth-order valence-electron chi connectivity index (χ4n) is 4.20. The summed E-state index contributed by atoms with van der Waals surface area (Å²) in [5.74, 6) is 0.369. The van der Waals surface area contributed by atoms with Crippen LogP contribution in [0.3, 0.4) is 0 Å². The number of ether oxygens (including phenoxy) is 4. The second-order valence-electron chi connectivity index (χ2n) is 8.82. The first-order valence-corrected chi connectivity index (χ1v) is 12.6. The average molecular weight is 493 g/mol. The number of aromatic nitrogens is 4. The van der Waals surface area contributed by atoms with Crippen molar-refractivity contribution in [2.24, 2.45) is 5.73 Å². The lowest BCUT2D eigenvalue weighted by molar-refractivity contribution is -0.118. The van der Waals surface area contributed by atoms with Crippen LogP contribution in [0.15, 0.2) is 12.7 Å². The lowest BCUT2D eigenvalue weighted by atomic mass is 10.1. The van der Waals surface area contributed by atoms with Crippen molar-refractivity contribution in [3.05, 3.63) is 12.7 Å². The van der Waals surface area contributed by atoms with Crippen LogP contribution in [-0.2, 0) is 23.7 Å². The summed E-state index contributed by atoms with van der Waals surface area (Å²) in [6.07, 6.45) is 5.58.